The SMILES string of the molecule is O/[NH+]=C1/C(SCCCCc2ccccc2)=[S+]CCCCc2ccccc21.O=S(=O)([O-])C(F)(F)F. The fourth-order valence-electron chi connectivity index (χ4n) is 3.21. The minimum absolute atomic E-state index is 0.889. The van der Waals surface area contributed by atoms with Crippen molar-refractivity contribution in [1.29, 1.82) is 0 Å². The third-order valence-electron chi connectivity index (χ3n) is 4.90. The van der Waals surface area contributed by atoms with Crippen molar-refractivity contribution < 1.29 is 36.5 Å². The summed E-state index contributed by atoms with van der Waals surface area (Å²) in [5.74, 6) is 2.20. The van der Waals surface area contributed by atoms with Crippen LogP contribution in [0.5, 0.6) is 0 Å². The lowest BCUT2D eigenvalue weighted by Crippen LogP contribution is -2.71. The summed E-state index contributed by atoms with van der Waals surface area (Å²) in [5, 5.41) is 12.3. The van der Waals surface area contributed by atoms with Crippen molar-refractivity contribution in [2.45, 2.75) is 44.0 Å². The molecule has 1 heterocycles. The van der Waals surface area contributed by atoms with E-state index in [9.17, 15) is 18.4 Å². The summed E-state index contributed by atoms with van der Waals surface area (Å²) >= 11 is 3.76. The Labute approximate surface area is 206 Å². The average molecular weight is 535 g/mol. The van der Waals surface area contributed by atoms with Crippen LogP contribution in [0, 0.1) is 0 Å². The molecule has 186 valence electrons. The van der Waals surface area contributed by atoms with Gasteiger partial charge in [-0.05, 0) is 54.5 Å². The molecule has 0 aliphatic carbocycles. The van der Waals surface area contributed by atoms with Crippen molar-refractivity contribution in [2.24, 2.45) is 0 Å². The quantitative estimate of drug-likeness (QED) is 0.117. The summed E-state index contributed by atoms with van der Waals surface area (Å²) in [5.41, 5.74) is -0.863. The monoisotopic (exact) mass is 534 g/mol. The smallest absolute Gasteiger partial charge is 0.485 e. The van der Waals surface area contributed by atoms with Gasteiger partial charge in [0, 0.05) is 12.2 Å². The lowest BCUT2D eigenvalue weighted by molar-refractivity contribution is -0.735. The Morgan fingerprint density at radius 2 is 1.68 bits per heavy atom. The average Bonchev–Trinajstić information content (AvgIpc) is 2.87. The minimum atomic E-state index is -6.09. The molecule has 11 heteroatoms. The predicted octanol–water partition coefficient (Wildman–Crippen LogP) is 3.30. The molecule has 2 N–H and O–H groups in total. The number of nitrogens with one attached hydrogen (secondary N) is 1. The van der Waals surface area contributed by atoms with Crippen LogP contribution in [0.4, 0.5) is 13.2 Å². The molecule has 0 fully saturated rings. The van der Waals surface area contributed by atoms with Crippen LogP contribution in [0.25, 0.3) is 0 Å². The normalized spacial score (nSPS) is 15.8. The van der Waals surface area contributed by atoms with Crippen LogP contribution in [0.3, 0.4) is 0 Å². The van der Waals surface area contributed by atoms with Gasteiger partial charge in [0.1, 0.15) is 0 Å². The highest BCUT2D eigenvalue weighted by Gasteiger charge is 2.37. The highest BCUT2D eigenvalue weighted by atomic mass is 32.2. The molecule has 0 atom stereocenters. The number of hydrogen-bond donors (Lipinski definition) is 2. The van der Waals surface area contributed by atoms with E-state index in [1.165, 1.54) is 41.0 Å². The van der Waals surface area contributed by atoms with E-state index >= 15 is 0 Å². The van der Waals surface area contributed by atoms with Gasteiger partial charge in [0.15, 0.2) is 27.2 Å². The second kappa shape index (κ2) is 13.8. The van der Waals surface area contributed by atoms with Gasteiger partial charge in [0.2, 0.25) is 0 Å². The minimum Gasteiger partial charge on any atom is -0.741 e. The Morgan fingerprint density at radius 3 is 2.32 bits per heavy atom. The third-order valence-corrected chi connectivity index (χ3v) is 8.09. The summed E-state index contributed by atoms with van der Waals surface area (Å²) in [6.45, 7) is 0. The number of fused-ring (bicyclic) bond motifs is 1. The molecule has 3 rings (SSSR count). The first-order valence-electron chi connectivity index (χ1n) is 10.7. The van der Waals surface area contributed by atoms with Crippen molar-refractivity contribution in [3.63, 3.8) is 0 Å². The Kier molecular flexibility index (Phi) is 11.5. The molecular formula is C23H27F3NO4S3+. The van der Waals surface area contributed by atoms with E-state index in [1.807, 2.05) is 23.1 Å². The van der Waals surface area contributed by atoms with E-state index in [-0.39, 0.29) is 0 Å². The maximum absolute atomic E-state index is 10.7. The molecule has 0 saturated carbocycles. The molecule has 2 aromatic rings. The molecule has 1 aliphatic heterocycles. The van der Waals surface area contributed by atoms with Crippen LogP contribution in [0.15, 0.2) is 54.6 Å². The van der Waals surface area contributed by atoms with Gasteiger partial charge in [0.25, 0.3) is 0 Å². The van der Waals surface area contributed by atoms with Crippen LogP contribution in [-0.4, -0.2) is 45.1 Å². The first kappa shape index (κ1) is 28.3. The molecule has 0 unspecified atom stereocenters. The van der Waals surface area contributed by atoms with Crippen LogP contribution >= 0.6 is 11.8 Å². The molecule has 0 saturated heterocycles. The van der Waals surface area contributed by atoms with Crippen molar-refractivity contribution in [3.8, 4) is 0 Å². The van der Waals surface area contributed by atoms with E-state index in [2.05, 4.69) is 59.8 Å². The first-order valence-corrected chi connectivity index (χ1v) is 14.1. The number of unbranched alkanes of at least 4 members (excludes halogenated alkanes) is 1. The molecule has 0 radical (unpaired) electrons. The fraction of sp³-hybridized carbons (Fsp3) is 0.391. The Hall–Kier alpha value is -1.95. The number of thioether (sulfide) groups is 1. The molecule has 2 aromatic carbocycles. The summed E-state index contributed by atoms with van der Waals surface area (Å²) in [6.07, 6.45) is 7.03. The molecule has 1 aliphatic rings. The zero-order valence-electron chi connectivity index (χ0n) is 18.4. The van der Waals surface area contributed by atoms with E-state index in [0.29, 0.717) is 0 Å². The number of aryl methyl sites for hydroxylation is 2. The van der Waals surface area contributed by atoms with E-state index in [4.69, 9.17) is 13.0 Å². The third kappa shape index (κ3) is 9.36. The second-order valence-electron chi connectivity index (χ2n) is 7.43. The Bertz CT molecular complexity index is 1070. The van der Waals surface area contributed by atoms with Gasteiger partial charge in [-0.1, -0.05) is 60.3 Å². The number of halogens is 3. The van der Waals surface area contributed by atoms with Crippen LogP contribution in [0.1, 0.15) is 42.4 Å². The number of rotatable bonds is 5. The van der Waals surface area contributed by atoms with Gasteiger partial charge in [-0.2, -0.15) is 13.2 Å². The largest absolute Gasteiger partial charge is 0.741 e. The topological polar surface area (TPSA) is 91.4 Å². The van der Waals surface area contributed by atoms with Crippen LogP contribution in [0.2, 0.25) is 0 Å². The maximum Gasteiger partial charge on any atom is 0.485 e. The number of hydrogen-bond acceptors (Lipinski definition) is 5. The second-order valence-corrected chi connectivity index (χ2v) is 11.3. The Balaban J connectivity index is 0.000000440. The van der Waals surface area contributed by atoms with Gasteiger partial charge in [0.05, 0.1) is 5.56 Å². The van der Waals surface area contributed by atoms with Crippen molar-refractivity contribution in [3.05, 3.63) is 71.3 Å². The summed E-state index contributed by atoms with van der Waals surface area (Å²) in [4.78, 5) is 0. The van der Waals surface area contributed by atoms with E-state index < -0.39 is 15.6 Å². The van der Waals surface area contributed by atoms with E-state index in [0.717, 1.165) is 35.6 Å². The Morgan fingerprint density at radius 1 is 1.03 bits per heavy atom. The lowest BCUT2D eigenvalue weighted by atomic mass is 9.99. The summed E-state index contributed by atoms with van der Waals surface area (Å²) < 4.78 is 60.1. The highest BCUT2D eigenvalue weighted by Crippen LogP contribution is 2.21. The van der Waals surface area contributed by atoms with Gasteiger partial charge in [-0.15, -0.1) is 0 Å². The molecule has 0 spiro atoms. The molecule has 0 aromatic heterocycles. The van der Waals surface area contributed by atoms with E-state index in [1.54, 1.807) is 0 Å². The molecule has 34 heavy (non-hydrogen) atoms. The zero-order chi connectivity index (χ0) is 25.0. The molecule has 0 amide bonds. The molecule has 0 bridgehead atoms. The summed E-state index contributed by atoms with van der Waals surface area (Å²) in [6, 6.07) is 19.2. The molecule has 5 nitrogen and oxygen atoms in total. The van der Waals surface area contributed by atoms with Crippen molar-refractivity contribution in [1.82, 2.24) is 0 Å². The number of benzene rings is 2. The van der Waals surface area contributed by atoms with Gasteiger partial charge >= 0.3 is 15.4 Å². The first-order chi connectivity index (χ1) is 16.1. The zero-order valence-corrected chi connectivity index (χ0v) is 20.8. The van der Waals surface area contributed by atoms with Crippen LogP contribution in [-0.2, 0) is 34.3 Å². The lowest BCUT2D eigenvalue weighted by Gasteiger charge is -2.08. The predicted molar refractivity (Wildman–Crippen MR) is 131 cm³/mol. The van der Waals surface area contributed by atoms with Gasteiger partial charge in [-0.3, -0.25) is 5.21 Å². The van der Waals surface area contributed by atoms with Crippen molar-refractivity contribution in [2.75, 3.05) is 11.5 Å². The van der Waals surface area contributed by atoms with Crippen molar-refractivity contribution >= 4 is 43.1 Å². The maximum atomic E-state index is 10.7. The van der Waals surface area contributed by atoms with Gasteiger partial charge < -0.3 is 4.55 Å². The fourth-order valence-corrected chi connectivity index (χ4v) is 5.71. The highest BCUT2D eigenvalue weighted by molar-refractivity contribution is 8.24. The van der Waals surface area contributed by atoms with Crippen LogP contribution < -0.4 is 5.16 Å². The standard InChI is InChI=1S/C22H25NOS2.CHF3O3S/c24-23-21-20-15-5-4-13-19(20)14-7-9-17-26-22(21)25-16-8-6-12-18-10-2-1-3-11-18;2-1(3,4)8(5,6)7/h1-5,10-11,13,15H,6-9,12,14,16-17H2;(H,5,6,7)/p+1/b23-21+;. The summed E-state index contributed by atoms with van der Waals surface area (Å²) in [7, 11) is -6.09. The molecular weight excluding hydrogens is 507 g/mol. The number of alkyl halides is 3. The van der Waals surface area contributed by atoms with Gasteiger partial charge in [-0.25, -0.2) is 8.42 Å².